The lowest BCUT2D eigenvalue weighted by Gasteiger charge is -2.12. The van der Waals surface area contributed by atoms with Crippen LogP contribution in [0.1, 0.15) is 16.5 Å². The third kappa shape index (κ3) is 2.13. The van der Waals surface area contributed by atoms with E-state index in [-0.39, 0.29) is 12.1 Å². The van der Waals surface area contributed by atoms with Crippen LogP contribution in [0, 0.1) is 6.92 Å². The molecule has 2 amide bonds. The maximum Gasteiger partial charge on any atom is 0.318 e. The predicted octanol–water partition coefficient (Wildman–Crippen LogP) is 2.05. The molecule has 1 aromatic rings. The van der Waals surface area contributed by atoms with Gasteiger partial charge in [0, 0.05) is 23.7 Å². The van der Waals surface area contributed by atoms with Gasteiger partial charge in [0.15, 0.2) is 0 Å². The molecule has 0 spiro atoms. The molecule has 1 aliphatic heterocycles. The highest BCUT2D eigenvalue weighted by Crippen LogP contribution is 2.27. The van der Waals surface area contributed by atoms with Crippen molar-refractivity contribution in [2.75, 3.05) is 18.8 Å². The first-order valence-corrected chi connectivity index (χ1v) is 6.44. The third-order valence-electron chi connectivity index (χ3n) is 2.58. The fourth-order valence-electron chi connectivity index (χ4n) is 1.79. The standard InChI is InChI=1S/C10H14N2OS2/c1-7-2-5-15-9(7)8-6-12(3-4-14)10(13)11-8/h2,5,8,14H,3-4,6H2,1H3,(H,11,13). The quantitative estimate of drug-likeness (QED) is 0.781. The smallest absolute Gasteiger partial charge is 0.318 e. The number of amides is 2. The second-order valence-corrected chi connectivity index (χ2v) is 5.03. The van der Waals surface area contributed by atoms with Crippen LogP contribution >= 0.6 is 24.0 Å². The number of carbonyl (C=O) groups is 1. The molecule has 2 heterocycles. The summed E-state index contributed by atoms with van der Waals surface area (Å²) in [6, 6.07) is 2.28. The zero-order chi connectivity index (χ0) is 10.8. The summed E-state index contributed by atoms with van der Waals surface area (Å²) in [7, 11) is 0. The molecule has 0 aliphatic carbocycles. The number of carbonyl (C=O) groups excluding carboxylic acids is 1. The third-order valence-corrected chi connectivity index (χ3v) is 3.91. The minimum absolute atomic E-state index is 0.0295. The molecule has 1 aromatic heterocycles. The Kier molecular flexibility index (Phi) is 3.21. The molecule has 1 fully saturated rings. The first-order chi connectivity index (χ1) is 7.22. The van der Waals surface area contributed by atoms with Gasteiger partial charge < -0.3 is 10.2 Å². The van der Waals surface area contributed by atoms with E-state index >= 15 is 0 Å². The lowest BCUT2D eigenvalue weighted by atomic mass is 10.2. The number of thiophene rings is 1. The van der Waals surface area contributed by atoms with E-state index in [1.165, 1.54) is 10.4 Å². The second kappa shape index (κ2) is 4.45. The SMILES string of the molecule is Cc1ccsc1C1CN(CCS)C(=O)N1. The van der Waals surface area contributed by atoms with Crippen LogP contribution in [0.2, 0.25) is 0 Å². The monoisotopic (exact) mass is 242 g/mol. The summed E-state index contributed by atoms with van der Waals surface area (Å²) in [6.45, 7) is 3.57. The fraction of sp³-hybridized carbons (Fsp3) is 0.500. The van der Waals surface area contributed by atoms with E-state index in [9.17, 15) is 4.79 Å². The number of nitrogens with zero attached hydrogens (tertiary/aromatic N) is 1. The van der Waals surface area contributed by atoms with Crippen LogP contribution in [0.3, 0.4) is 0 Å². The number of aryl methyl sites for hydroxylation is 1. The number of thiol groups is 1. The summed E-state index contributed by atoms with van der Waals surface area (Å²) in [4.78, 5) is 14.7. The Morgan fingerprint density at radius 1 is 1.73 bits per heavy atom. The van der Waals surface area contributed by atoms with Gasteiger partial charge in [0.1, 0.15) is 0 Å². The first-order valence-electron chi connectivity index (χ1n) is 4.92. The van der Waals surface area contributed by atoms with Crippen LogP contribution in [-0.4, -0.2) is 29.8 Å². The van der Waals surface area contributed by atoms with Gasteiger partial charge in [-0.2, -0.15) is 12.6 Å². The maximum atomic E-state index is 11.6. The Morgan fingerprint density at radius 2 is 2.53 bits per heavy atom. The number of nitrogens with one attached hydrogen (secondary N) is 1. The van der Waals surface area contributed by atoms with E-state index in [1.54, 1.807) is 11.3 Å². The molecular formula is C10H14N2OS2. The summed E-state index contributed by atoms with van der Waals surface area (Å²) in [5, 5.41) is 5.06. The van der Waals surface area contributed by atoms with Crippen LogP contribution < -0.4 is 5.32 Å². The largest absolute Gasteiger partial charge is 0.329 e. The van der Waals surface area contributed by atoms with Gasteiger partial charge in [-0.1, -0.05) is 0 Å². The molecule has 82 valence electrons. The normalized spacial score (nSPS) is 20.8. The Labute approximate surface area is 98.9 Å². The lowest BCUT2D eigenvalue weighted by molar-refractivity contribution is 0.220. The maximum absolute atomic E-state index is 11.6. The van der Waals surface area contributed by atoms with Gasteiger partial charge in [0.2, 0.25) is 0 Å². The summed E-state index contributed by atoms with van der Waals surface area (Å²) < 4.78 is 0. The second-order valence-electron chi connectivity index (χ2n) is 3.64. The summed E-state index contributed by atoms with van der Waals surface area (Å²) >= 11 is 5.85. The molecule has 1 unspecified atom stereocenters. The van der Waals surface area contributed by atoms with Crippen molar-refractivity contribution in [3.63, 3.8) is 0 Å². The first kappa shape index (κ1) is 10.8. The summed E-state index contributed by atoms with van der Waals surface area (Å²) in [5.74, 6) is 0.712. The van der Waals surface area contributed by atoms with E-state index in [4.69, 9.17) is 0 Å². The molecule has 1 N–H and O–H groups in total. The number of hydrogen-bond donors (Lipinski definition) is 2. The molecule has 0 aromatic carbocycles. The molecule has 0 radical (unpaired) electrons. The van der Waals surface area contributed by atoms with Gasteiger partial charge in [-0.15, -0.1) is 11.3 Å². The Morgan fingerprint density at radius 3 is 3.13 bits per heavy atom. The van der Waals surface area contributed by atoms with Crippen LogP contribution in [0.5, 0.6) is 0 Å². The van der Waals surface area contributed by atoms with Crippen molar-refractivity contribution in [1.29, 1.82) is 0 Å². The van der Waals surface area contributed by atoms with Crippen molar-refractivity contribution < 1.29 is 4.79 Å². The average Bonchev–Trinajstić information content (AvgIpc) is 2.75. The van der Waals surface area contributed by atoms with Crippen LogP contribution in [-0.2, 0) is 0 Å². The van der Waals surface area contributed by atoms with Gasteiger partial charge in [-0.3, -0.25) is 0 Å². The molecule has 3 nitrogen and oxygen atoms in total. The van der Waals surface area contributed by atoms with E-state index < -0.39 is 0 Å². The Hall–Kier alpha value is -0.680. The molecule has 1 aliphatic rings. The summed E-state index contributed by atoms with van der Waals surface area (Å²) in [5.41, 5.74) is 1.26. The molecule has 5 heteroatoms. The molecular weight excluding hydrogens is 228 g/mol. The molecule has 0 bridgehead atoms. The lowest BCUT2D eigenvalue weighted by Crippen LogP contribution is -2.29. The molecule has 1 atom stereocenters. The van der Waals surface area contributed by atoms with Crippen molar-refractivity contribution in [1.82, 2.24) is 10.2 Å². The fourth-order valence-corrected chi connectivity index (χ4v) is 3.00. The van der Waals surface area contributed by atoms with Crippen molar-refractivity contribution in [3.8, 4) is 0 Å². The summed E-state index contributed by atoms with van der Waals surface area (Å²) in [6.07, 6.45) is 0. The average molecular weight is 242 g/mol. The van der Waals surface area contributed by atoms with Gasteiger partial charge in [0.05, 0.1) is 6.04 Å². The molecule has 15 heavy (non-hydrogen) atoms. The van der Waals surface area contributed by atoms with Crippen molar-refractivity contribution in [2.45, 2.75) is 13.0 Å². The van der Waals surface area contributed by atoms with E-state index in [1.807, 2.05) is 4.90 Å². The van der Waals surface area contributed by atoms with Crippen LogP contribution in [0.15, 0.2) is 11.4 Å². The number of rotatable bonds is 3. The minimum atomic E-state index is 0.0295. The molecule has 0 saturated carbocycles. The number of hydrogen-bond acceptors (Lipinski definition) is 3. The highest BCUT2D eigenvalue weighted by Gasteiger charge is 2.30. The zero-order valence-electron chi connectivity index (χ0n) is 8.56. The Balaban J connectivity index is 2.09. The van der Waals surface area contributed by atoms with Crippen molar-refractivity contribution >= 4 is 30.0 Å². The molecule has 2 rings (SSSR count). The molecule has 1 saturated heterocycles. The van der Waals surface area contributed by atoms with Gasteiger partial charge in [-0.25, -0.2) is 4.79 Å². The number of urea groups is 1. The van der Waals surface area contributed by atoms with Gasteiger partial charge in [-0.05, 0) is 23.9 Å². The van der Waals surface area contributed by atoms with Crippen molar-refractivity contribution in [2.24, 2.45) is 0 Å². The van der Waals surface area contributed by atoms with Gasteiger partial charge >= 0.3 is 6.03 Å². The van der Waals surface area contributed by atoms with E-state index in [0.29, 0.717) is 5.75 Å². The van der Waals surface area contributed by atoms with E-state index in [0.717, 1.165) is 13.1 Å². The van der Waals surface area contributed by atoms with E-state index in [2.05, 4.69) is 36.3 Å². The topological polar surface area (TPSA) is 32.3 Å². The zero-order valence-corrected chi connectivity index (χ0v) is 10.3. The van der Waals surface area contributed by atoms with Crippen molar-refractivity contribution in [3.05, 3.63) is 21.9 Å². The highest BCUT2D eigenvalue weighted by molar-refractivity contribution is 7.80. The van der Waals surface area contributed by atoms with Crippen LogP contribution in [0.25, 0.3) is 0 Å². The highest BCUT2D eigenvalue weighted by atomic mass is 32.1. The predicted molar refractivity (Wildman–Crippen MR) is 65.8 cm³/mol. The van der Waals surface area contributed by atoms with Crippen LogP contribution in [0.4, 0.5) is 4.79 Å². The Bertz CT molecular complexity index is 364. The van der Waals surface area contributed by atoms with Gasteiger partial charge in [0.25, 0.3) is 0 Å². The minimum Gasteiger partial charge on any atom is -0.329 e.